The van der Waals surface area contributed by atoms with Gasteiger partial charge in [0.2, 0.25) is 5.88 Å². The monoisotopic (exact) mass is 165 g/mol. The molecule has 1 N–H and O–H groups in total. The van der Waals surface area contributed by atoms with Gasteiger partial charge >= 0.3 is 0 Å². The highest BCUT2D eigenvalue weighted by atomic mass is 16.5. The van der Waals surface area contributed by atoms with Crippen LogP contribution in [0.3, 0.4) is 0 Å². The first kappa shape index (κ1) is 7.34. The third kappa shape index (κ3) is 0.995. The molecule has 1 aliphatic heterocycles. The number of ether oxygens (including phenoxy) is 1. The summed E-state index contributed by atoms with van der Waals surface area (Å²) in [6.45, 7) is 3.39. The Bertz CT molecular complexity index is 316. The summed E-state index contributed by atoms with van der Waals surface area (Å²) in [5.41, 5.74) is 1.33. The van der Waals surface area contributed by atoms with Crippen LogP contribution in [0.2, 0.25) is 0 Å². The van der Waals surface area contributed by atoms with Crippen molar-refractivity contribution in [3.05, 3.63) is 11.8 Å². The summed E-state index contributed by atoms with van der Waals surface area (Å²) in [5, 5.41) is 11.6. The van der Waals surface area contributed by atoms with Gasteiger partial charge in [-0.05, 0) is 6.92 Å². The molecule has 2 heterocycles. The minimum absolute atomic E-state index is 0.512. The average Bonchev–Trinajstić information content (AvgIpc) is 2.47. The largest absolute Gasteiger partial charge is 0.477 e. The van der Waals surface area contributed by atoms with E-state index in [4.69, 9.17) is 10.1 Å². The predicted molar refractivity (Wildman–Crippen MR) is 44.8 cm³/mol. The maximum atomic E-state index is 7.46. The standard InChI is InChI=1S/C8H11N3O/c1-6(9)7-5-10-11-3-2-4-12-8(7)11/h5,9H,2-4H2,1H3. The van der Waals surface area contributed by atoms with Gasteiger partial charge in [-0.1, -0.05) is 0 Å². The number of hydrogen-bond acceptors (Lipinski definition) is 3. The topological polar surface area (TPSA) is 50.9 Å². The lowest BCUT2D eigenvalue weighted by Crippen LogP contribution is -2.15. The van der Waals surface area contributed by atoms with Gasteiger partial charge in [-0.15, -0.1) is 0 Å². The van der Waals surface area contributed by atoms with Gasteiger partial charge in [0.05, 0.1) is 18.4 Å². The molecular formula is C8H11N3O. The number of fused-ring (bicyclic) bond motifs is 1. The van der Waals surface area contributed by atoms with E-state index in [2.05, 4.69) is 5.10 Å². The fraction of sp³-hybridized carbons (Fsp3) is 0.500. The number of rotatable bonds is 1. The lowest BCUT2D eigenvalue weighted by Gasteiger charge is -2.15. The summed E-state index contributed by atoms with van der Waals surface area (Å²) < 4.78 is 7.23. The minimum Gasteiger partial charge on any atom is -0.477 e. The second kappa shape index (κ2) is 2.62. The van der Waals surface area contributed by atoms with E-state index in [1.807, 2.05) is 4.68 Å². The van der Waals surface area contributed by atoms with Crippen LogP contribution in [0.25, 0.3) is 0 Å². The van der Waals surface area contributed by atoms with Crippen molar-refractivity contribution in [3.63, 3.8) is 0 Å². The van der Waals surface area contributed by atoms with Crippen molar-refractivity contribution < 1.29 is 4.74 Å². The second-order valence-electron chi connectivity index (χ2n) is 2.91. The van der Waals surface area contributed by atoms with Crippen LogP contribution in [0.15, 0.2) is 6.20 Å². The molecule has 1 aromatic heterocycles. The van der Waals surface area contributed by atoms with E-state index in [0.29, 0.717) is 5.71 Å². The molecule has 0 bridgehead atoms. The Kier molecular flexibility index (Phi) is 1.60. The molecule has 4 nitrogen and oxygen atoms in total. The lowest BCUT2D eigenvalue weighted by atomic mass is 10.2. The summed E-state index contributed by atoms with van der Waals surface area (Å²) >= 11 is 0. The highest BCUT2D eigenvalue weighted by molar-refractivity contribution is 5.98. The van der Waals surface area contributed by atoms with Crippen molar-refractivity contribution in [3.8, 4) is 5.88 Å². The third-order valence-electron chi connectivity index (χ3n) is 1.95. The van der Waals surface area contributed by atoms with Crippen LogP contribution in [-0.2, 0) is 6.54 Å². The van der Waals surface area contributed by atoms with Gasteiger partial charge in [0.25, 0.3) is 0 Å². The Hall–Kier alpha value is -1.32. The highest BCUT2D eigenvalue weighted by Crippen LogP contribution is 2.22. The normalized spacial score (nSPS) is 15.1. The van der Waals surface area contributed by atoms with Gasteiger partial charge in [0, 0.05) is 18.7 Å². The average molecular weight is 165 g/mol. The highest BCUT2D eigenvalue weighted by Gasteiger charge is 2.16. The molecule has 0 aliphatic carbocycles. The van der Waals surface area contributed by atoms with Crippen LogP contribution in [0.4, 0.5) is 0 Å². The molecule has 0 aromatic carbocycles. The van der Waals surface area contributed by atoms with E-state index >= 15 is 0 Å². The van der Waals surface area contributed by atoms with Crippen LogP contribution in [0.5, 0.6) is 5.88 Å². The number of aromatic nitrogens is 2. The molecule has 0 unspecified atom stereocenters. The molecule has 0 fully saturated rings. The van der Waals surface area contributed by atoms with E-state index in [0.717, 1.165) is 31.0 Å². The summed E-state index contributed by atoms with van der Waals surface area (Å²) in [4.78, 5) is 0. The lowest BCUT2D eigenvalue weighted by molar-refractivity contribution is 0.230. The number of aryl methyl sites for hydroxylation is 1. The molecule has 0 saturated carbocycles. The second-order valence-corrected chi connectivity index (χ2v) is 2.91. The zero-order valence-electron chi connectivity index (χ0n) is 7.00. The van der Waals surface area contributed by atoms with Gasteiger partial charge in [0.1, 0.15) is 0 Å². The van der Waals surface area contributed by atoms with Crippen molar-refractivity contribution in [2.24, 2.45) is 0 Å². The van der Waals surface area contributed by atoms with Crippen molar-refractivity contribution in [2.45, 2.75) is 19.9 Å². The SMILES string of the molecule is CC(=N)c1cnn2c1OCCC2. The molecular weight excluding hydrogens is 154 g/mol. The van der Waals surface area contributed by atoms with E-state index in [-0.39, 0.29) is 0 Å². The molecule has 64 valence electrons. The van der Waals surface area contributed by atoms with Crippen molar-refractivity contribution >= 4 is 5.71 Å². The molecule has 1 aromatic rings. The smallest absolute Gasteiger partial charge is 0.221 e. The van der Waals surface area contributed by atoms with Crippen LogP contribution >= 0.6 is 0 Å². The maximum absolute atomic E-state index is 7.46. The Morgan fingerprint density at radius 1 is 1.75 bits per heavy atom. The zero-order valence-corrected chi connectivity index (χ0v) is 7.00. The quantitative estimate of drug-likeness (QED) is 0.632. The molecule has 0 amide bonds. The maximum Gasteiger partial charge on any atom is 0.221 e. The van der Waals surface area contributed by atoms with Crippen molar-refractivity contribution in [2.75, 3.05) is 6.61 Å². The van der Waals surface area contributed by atoms with E-state index in [1.165, 1.54) is 0 Å². The predicted octanol–water partition coefficient (Wildman–Crippen LogP) is 1.05. The van der Waals surface area contributed by atoms with Crippen molar-refractivity contribution in [1.29, 1.82) is 5.41 Å². The molecule has 12 heavy (non-hydrogen) atoms. The number of nitrogens with zero attached hydrogens (tertiary/aromatic N) is 2. The Balaban J connectivity index is 2.44. The zero-order chi connectivity index (χ0) is 8.55. The number of hydrogen-bond donors (Lipinski definition) is 1. The molecule has 0 radical (unpaired) electrons. The van der Waals surface area contributed by atoms with Crippen LogP contribution in [0, 0.1) is 5.41 Å². The molecule has 1 aliphatic rings. The van der Waals surface area contributed by atoms with Crippen LogP contribution < -0.4 is 4.74 Å². The summed E-state index contributed by atoms with van der Waals surface area (Å²) in [6.07, 6.45) is 2.70. The Morgan fingerprint density at radius 3 is 3.33 bits per heavy atom. The number of nitrogens with one attached hydrogen (secondary N) is 1. The first-order chi connectivity index (χ1) is 5.79. The van der Waals surface area contributed by atoms with Gasteiger partial charge in [-0.3, -0.25) is 0 Å². The Labute approximate surface area is 70.7 Å². The van der Waals surface area contributed by atoms with Crippen LogP contribution in [-0.4, -0.2) is 22.1 Å². The molecule has 0 atom stereocenters. The third-order valence-corrected chi connectivity index (χ3v) is 1.95. The fourth-order valence-corrected chi connectivity index (χ4v) is 1.33. The van der Waals surface area contributed by atoms with E-state index in [9.17, 15) is 0 Å². The summed E-state index contributed by atoms with van der Waals surface area (Å²) in [5.74, 6) is 0.758. The first-order valence-electron chi connectivity index (χ1n) is 4.03. The van der Waals surface area contributed by atoms with Gasteiger partial charge < -0.3 is 10.1 Å². The molecule has 0 saturated heterocycles. The van der Waals surface area contributed by atoms with Gasteiger partial charge in [0.15, 0.2) is 0 Å². The fourth-order valence-electron chi connectivity index (χ4n) is 1.33. The van der Waals surface area contributed by atoms with E-state index < -0.39 is 0 Å². The minimum atomic E-state index is 0.512. The Morgan fingerprint density at radius 2 is 2.58 bits per heavy atom. The summed E-state index contributed by atoms with van der Waals surface area (Å²) in [6, 6.07) is 0. The van der Waals surface area contributed by atoms with Gasteiger partial charge in [-0.2, -0.15) is 5.10 Å². The summed E-state index contributed by atoms with van der Waals surface area (Å²) in [7, 11) is 0. The van der Waals surface area contributed by atoms with Crippen LogP contribution in [0.1, 0.15) is 18.9 Å². The first-order valence-corrected chi connectivity index (χ1v) is 4.03. The van der Waals surface area contributed by atoms with Gasteiger partial charge in [-0.25, -0.2) is 4.68 Å². The molecule has 4 heteroatoms. The van der Waals surface area contributed by atoms with Crippen molar-refractivity contribution in [1.82, 2.24) is 9.78 Å². The molecule has 2 rings (SSSR count). The molecule has 0 spiro atoms. The van der Waals surface area contributed by atoms with E-state index in [1.54, 1.807) is 13.1 Å².